The van der Waals surface area contributed by atoms with E-state index in [9.17, 15) is 0 Å². The van der Waals surface area contributed by atoms with E-state index in [1.54, 1.807) is 0 Å². The Morgan fingerprint density at radius 1 is 1.60 bits per heavy atom. The van der Waals surface area contributed by atoms with Gasteiger partial charge < -0.3 is 10.2 Å². The van der Waals surface area contributed by atoms with Gasteiger partial charge in [0.15, 0.2) is 0 Å². The van der Waals surface area contributed by atoms with Crippen LogP contribution in [0.25, 0.3) is 0 Å². The van der Waals surface area contributed by atoms with E-state index in [-0.39, 0.29) is 0 Å². The molecule has 1 aromatic rings. The van der Waals surface area contributed by atoms with E-state index in [2.05, 4.69) is 28.4 Å². The quantitative estimate of drug-likeness (QED) is 0.773. The third-order valence-electron chi connectivity index (χ3n) is 2.93. The number of aryl methyl sites for hydroxylation is 1. The van der Waals surface area contributed by atoms with Gasteiger partial charge in [-0.1, -0.05) is 0 Å². The molecular formula is C11H20N4. The highest BCUT2D eigenvalue weighted by molar-refractivity contribution is 5.04. The van der Waals surface area contributed by atoms with Crippen LogP contribution in [0.1, 0.15) is 12.5 Å². The Balaban J connectivity index is 1.77. The standard InChI is InChI=1S/C11H20N4/c1-10-8-15(6-4-12-10)5-3-11-7-13-14(2)9-11/h7,9-10,12H,3-6,8H2,1-2H3/t10-/m1/s1. The predicted octanol–water partition coefficient (Wildman–Crippen LogP) is 0.256. The molecular weight excluding hydrogens is 188 g/mol. The first kappa shape index (κ1) is 10.6. The summed E-state index contributed by atoms with van der Waals surface area (Å²) in [6.45, 7) is 6.85. The number of aromatic nitrogens is 2. The molecule has 15 heavy (non-hydrogen) atoms. The number of nitrogens with zero attached hydrogens (tertiary/aromatic N) is 3. The molecule has 0 spiro atoms. The largest absolute Gasteiger partial charge is 0.312 e. The third kappa shape index (κ3) is 3.04. The number of hydrogen-bond donors (Lipinski definition) is 1. The first-order valence-electron chi connectivity index (χ1n) is 5.67. The zero-order valence-corrected chi connectivity index (χ0v) is 9.61. The number of nitrogens with one attached hydrogen (secondary N) is 1. The van der Waals surface area contributed by atoms with Crippen molar-refractivity contribution in [2.45, 2.75) is 19.4 Å². The maximum absolute atomic E-state index is 4.18. The van der Waals surface area contributed by atoms with E-state index < -0.39 is 0 Å². The number of rotatable bonds is 3. The molecule has 0 saturated carbocycles. The SMILES string of the molecule is C[C@@H]1CN(CCc2cnn(C)c2)CCN1. The molecule has 84 valence electrons. The van der Waals surface area contributed by atoms with Crippen molar-refractivity contribution in [1.82, 2.24) is 20.0 Å². The average molecular weight is 208 g/mol. The minimum absolute atomic E-state index is 0.632. The molecule has 0 radical (unpaired) electrons. The fourth-order valence-corrected chi connectivity index (χ4v) is 2.10. The Morgan fingerprint density at radius 3 is 3.13 bits per heavy atom. The Hall–Kier alpha value is -0.870. The van der Waals surface area contributed by atoms with Crippen LogP contribution >= 0.6 is 0 Å². The normalized spacial score (nSPS) is 23.2. The monoisotopic (exact) mass is 208 g/mol. The van der Waals surface area contributed by atoms with E-state index >= 15 is 0 Å². The van der Waals surface area contributed by atoms with E-state index in [4.69, 9.17) is 0 Å². The molecule has 4 heteroatoms. The van der Waals surface area contributed by atoms with E-state index in [0.29, 0.717) is 6.04 Å². The molecule has 2 rings (SSSR count). The third-order valence-corrected chi connectivity index (χ3v) is 2.93. The van der Waals surface area contributed by atoms with Crippen LogP contribution in [-0.2, 0) is 13.5 Å². The van der Waals surface area contributed by atoms with Gasteiger partial charge in [-0.2, -0.15) is 5.10 Å². The Morgan fingerprint density at radius 2 is 2.47 bits per heavy atom. The molecule has 1 fully saturated rings. The van der Waals surface area contributed by atoms with Gasteiger partial charge >= 0.3 is 0 Å². The van der Waals surface area contributed by atoms with Crippen LogP contribution in [0.2, 0.25) is 0 Å². The van der Waals surface area contributed by atoms with Gasteiger partial charge in [0.2, 0.25) is 0 Å². The molecule has 0 aromatic carbocycles. The summed E-state index contributed by atoms with van der Waals surface area (Å²) in [5.74, 6) is 0. The van der Waals surface area contributed by atoms with Gasteiger partial charge in [0.1, 0.15) is 0 Å². The van der Waals surface area contributed by atoms with Gasteiger partial charge in [0.05, 0.1) is 6.20 Å². The zero-order valence-electron chi connectivity index (χ0n) is 9.61. The highest BCUT2D eigenvalue weighted by atomic mass is 15.2. The topological polar surface area (TPSA) is 33.1 Å². The molecule has 1 N–H and O–H groups in total. The van der Waals surface area contributed by atoms with Gasteiger partial charge in [-0.15, -0.1) is 0 Å². The molecule has 0 unspecified atom stereocenters. The van der Waals surface area contributed by atoms with E-state index in [1.807, 2.05) is 17.9 Å². The van der Waals surface area contributed by atoms with Crippen LogP contribution < -0.4 is 5.32 Å². The molecule has 1 aromatic heterocycles. The van der Waals surface area contributed by atoms with Crippen molar-refractivity contribution in [2.24, 2.45) is 7.05 Å². The smallest absolute Gasteiger partial charge is 0.0522 e. The first-order valence-corrected chi connectivity index (χ1v) is 5.67. The first-order chi connectivity index (χ1) is 7.24. The number of piperazine rings is 1. The lowest BCUT2D eigenvalue weighted by Gasteiger charge is -2.31. The van der Waals surface area contributed by atoms with Crippen LogP contribution in [-0.4, -0.2) is 46.9 Å². The van der Waals surface area contributed by atoms with Gasteiger partial charge in [0, 0.05) is 45.5 Å². The van der Waals surface area contributed by atoms with E-state index in [0.717, 1.165) is 19.5 Å². The van der Waals surface area contributed by atoms with Gasteiger partial charge in [-0.05, 0) is 18.9 Å². The molecule has 2 heterocycles. The van der Waals surface area contributed by atoms with Crippen LogP contribution in [0.5, 0.6) is 0 Å². The van der Waals surface area contributed by atoms with Crippen molar-refractivity contribution in [1.29, 1.82) is 0 Å². The Bertz CT molecular complexity index is 307. The van der Waals surface area contributed by atoms with Crippen molar-refractivity contribution in [2.75, 3.05) is 26.2 Å². The summed E-state index contributed by atoms with van der Waals surface area (Å²) in [7, 11) is 1.97. The van der Waals surface area contributed by atoms with Crippen molar-refractivity contribution in [3.8, 4) is 0 Å². The highest BCUT2D eigenvalue weighted by Crippen LogP contribution is 2.03. The lowest BCUT2D eigenvalue weighted by atomic mass is 10.2. The lowest BCUT2D eigenvalue weighted by Crippen LogP contribution is -2.49. The lowest BCUT2D eigenvalue weighted by molar-refractivity contribution is 0.209. The summed E-state index contributed by atoms with van der Waals surface area (Å²) in [5, 5.41) is 7.64. The fraction of sp³-hybridized carbons (Fsp3) is 0.727. The maximum Gasteiger partial charge on any atom is 0.0522 e. The molecule has 4 nitrogen and oxygen atoms in total. The molecule has 0 amide bonds. The van der Waals surface area contributed by atoms with Crippen molar-refractivity contribution in [3.63, 3.8) is 0 Å². The minimum Gasteiger partial charge on any atom is -0.312 e. The summed E-state index contributed by atoms with van der Waals surface area (Å²) >= 11 is 0. The molecule has 0 aliphatic carbocycles. The second kappa shape index (κ2) is 4.77. The number of hydrogen-bond acceptors (Lipinski definition) is 3. The molecule has 0 bridgehead atoms. The van der Waals surface area contributed by atoms with Crippen molar-refractivity contribution < 1.29 is 0 Å². The molecule has 1 aliphatic heterocycles. The zero-order chi connectivity index (χ0) is 10.7. The second-order valence-corrected chi connectivity index (χ2v) is 4.43. The fourth-order valence-electron chi connectivity index (χ4n) is 2.10. The second-order valence-electron chi connectivity index (χ2n) is 4.43. The Labute approximate surface area is 91.3 Å². The molecule has 1 saturated heterocycles. The van der Waals surface area contributed by atoms with Crippen LogP contribution in [0, 0.1) is 0 Å². The van der Waals surface area contributed by atoms with Crippen LogP contribution in [0.3, 0.4) is 0 Å². The van der Waals surface area contributed by atoms with Crippen LogP contribution in [0.4, 0.5) is 0 Å². The summed E-state index contributed by atoms with van der Waals surface area (Å²) in [5.41, 5.74) is 1.34. The van der Waals surface area contributed by atoms with Gasteiger partial charge in [-0.3, -0.25) is 4.68 Å². The van der Waals surface area contributed by atoms with Crippen LogP contribution in [0.15, 0.2) is 12.4 Å². The van der Waals surface area contributed by atoms with E-state index in [1.165, 1.54) is 18.7 Å². The summed E-state index contributed by atoms with van der Waals surface area (Å²) in [6, 6.07) is 0.632. The maximum atomic E-state index is 4.18. The average Bonchev–Trinajstić information content (AvgIpc) is 2.62. The molecule has 1 aliphatic rings. The predicted molar refractivity (Wildman–Crippen MR) is 60.8 cm³/mol. The van der Waals surface area contributed by atoms with Crippen molar-refractivity contribution in [3.05, 3.63) is 18.0 Å². The van der Waals surface area contributed by atoms with Gasteiger partial charge in [0.25, 0.3) is 0 Å². The summed E-state index contributed by atoms with van der Waals surface area (Å²) in [6.07, 6.45) is 5.18. The Kier molecular flexibility index (Phi) is 3.38. The summed E-state index contributed by atoms with van der Waals surface area (Å²) < 4.78 is 1.87. The van der Waals surface area contributed by atoms with Gasteiger partial charge in [-0.25, -0.2) is 0 Å². The molecule has 1 atom stereocenters. The minimum atomic E-state index is 0.632. The highest BCUT2D eigenvalue weighted by Gasteiger charge is 2.14. The summed E-state index contributed by atoms with van der Waals surface area (Å²) in [4.78, 5) is 2.52. The van der Waals surface area contributed by atoms with Crippen molar-refractivity contribution >= 4 is 0 Å².